The summed E-state index contributed by atoms with van der Waals surface area (Å²) >= 11 is 6.03. The first-order chi connectivity index (χ1) is 17.5. The smallest absolute Gasteiger partial charge is 0.253 e. The van der Waals surface area contributed by atoms with Crippen molar-refractivity contribution >= 4 is 44.7 Å². The van der Waals surface area contributed by atoms with Crippen LogP contribution in [0.3, 0.4) is 0 Å². The molecule has 1 aliphatic heterocycles. The van der Waals surface area contributed by atoms with Crippen LogP contribution < -0.4 is 0 Å². The number of hydrogen-bond donors (Lipinski definition) is 0. The number of hydroxylamine groups is 2. The summed E-state index contributed by atoms with van der Waals surface area (Å²) in [5.41, 5.74) is 0.818. The van der Waals surface area contributed by atoms with Gasteiger partial charge in [-0.25, -0.2) is 13.5 Å². The maximum atomic E-state index is 13.2. The van der Waals surface area contributed by atoms with E-state index in [0.29, 0.717) is 30.1 Å². The number of fused-ring (bicyclic) bond motifs is 1. The van der Waals surface area contributed by atoms with E-state index in [-0.39, 0.29) is 30.4 Å². The molecular formula is C27H30ClN3O5S. The lowest BCUT2D eigenvalue weighted by Gasteiger charge is -2.34. The molecule has 0 saturated carbocycles. The standard InChI is InChI=1S/C27H30ClN3O5S/c1-27(2,3)36-30(19-32)18-20-4-6-21(7-5-20)26(33)29-12-14-31(15-13-29)37(34,35)25-11-9-22-16-24(28)10-8-23(22)17-25/h4-11,16-17,19H,12-15,18H2,1-3H3. The highest BCUT2D eigenvalue weighted by atomic mass is 35.5. The molecule has 3 aromatic rings. The minimum atomic E-state index is -3.69. The number of amides is 2. The van der Waals surface area contributed by atoms with E-state index < -0.39 is 15.6 Å². The fraction of sp³-hybridized carbons (Fsp3) is 0.333. The number of benzene rings is 3. The molecule has 0 aromatic heterocycles. The van der Waals surface area contributed by atoms with Gasteiger partial charge >= 0.3 is 0 Å². The second-order valence-corrected chi connectivity index (χ2v) is 12.3. The Bertz CT molecular complexity index is 1400. The normalized spacial score (nSPS) is 15.1. The van der Waals surface area contributed by atoms with Crippen LogP contribution in [0.15, 0.2) is 65.6 Å². The summed E-state index contributed by atoms with van der Waals surface area (Å²) in [7, 11) is -3.69. The molecule has 0 spiro atoms. The monoisotopic (exact) mass is 543 g/mol. The van der Waals surface area contributed by atoms with Crippen molar-refractivity contribution in [2.45, 2.75) is 37.8 Å². The summed E-state index contributed by atoms with van der Waals surface area (Å²) in [5.74, 6) is -0.163. The third-order valence-electron chi connectivity index (χ3n) is 5.99. The van der Waals surface area contributed by atoms with Crippen molar-refractivity contribution in [1.82, 2.24) is 14.3 Å². The molecule has 1 aliphatic rings. The van der Waals surface area contributed by atoms with E-state index in [1.807, 2.05) is 20.8 Å². The zero-order valence-electron chi connectivity index (χ0n) is 21.1. The Kier molecular flexibility index (Phi) is 7.89. The molecule has 37 heavy (non-hydrogen) atoms. The first-order valence-corrected chi connectivity index (χ1v) is 13.8. The molecule has 10 heteroatoms. The van der Waals surface area contributed by atoms with Gasteiger partial charge in [-0.15, -0.1) is 0 Å². The molecule has 1 heterocycles. The van der Waals surface area contributed by atoms with Gasteiger partial charge in [0.1, 0.15) is 0 Å². The van der Waals surface area contributed by atoms with Crippen molar-refractivity contribution in [3.05, 3.63) is 76.8 Å². The number of sulfonamides is 1. The molecule has 1 fully saturated rings. The lowest BCUT2D eigenvalue weighted by Crippen LogP contribution is -2.50. The molecule has 0 aliphatic carbocycles. The zero-order chi connectivity index (χ0) is 26.8. The lowest BCUT2D eigenvalue weighted by atomic mass is 10.1. The molecule has 0 radical (unpaired) electrons. The predicted octanol–water partition coefficient (Wildman–Crippen LogP) is 4.33. The second-order valence-electron chi connectivity index (χ2n) is 9.93. The highest BCUT2D eigenvalue weighted by molar-refractivity contribution is 7.89. The van der Waals surface area contributed by atoms with Crippen molar-refractivity contribution in [2.24, 2.45) is 0 Å². The molecule has 196 valence electrons. The Labute approximate surface area is 222 Å². The molecule has 0 N–H and O–H groups in total. The fourth-order valence-corrected chi connectivity index (χ4v) is 5.83. The Morgan fingerprint density at radius 1 is 0.973 bits per heavy atom. The third-order valence-corrected chi connectivity index (χ3v) is 8.12. The molecule has 3 aromatic carbocycles. The fourth-order valence-electron chi connectivity index (χ4n) is 4.19. The van der Waals surface area contributed by atoms with Crippen LogP contribution >= 0.6 is 11.6 Å². The van der Waals surface area contributed by atoms with Gasteiger partial charge in [0, 0.05) is 36.8 Å². The third kappa shape index (κ3) is 6.48. The van der Waals surface area contributed by atoms with Crippen LogP contribution in [-0.4, -0.2) is 66.8 Å². The van der Waals surface area contributed by atoms with Crippen molar-refractivity contribution < 1.29 is 22.8 Å². The quantitative estimate of drug-likeness (QED) is 0.327. The number of rotatable bonds is 7. The van der Waals surface area contributed by atoms with E-state index in [4.69, 9.17) is 16.4 Å². The number of halogens is 1. The summed E-state index contributed by atoms with van der Waals surface area (Å²) in [6, 6.07) is 17.3. The molecule has 0 atom stereocenters. The van der Waals surface area contributed by atoms with Crippen molar-refractivity contribution in [1.29, 1.82) is 0 Å². The number of hydrogen-bond acceptors (Lipinski definition) is 5. The van der Waals surface area contributed by atoms with Gasteiger partial charge < -0.3 is 4.90 Å². The Morgan fingerprint density at radius 3 is 2.22 bits per heavy atom. The minimum Gasteiger partial charge on any atom is -0.336 e. The zero-order valence-corrected chi connectivity index (χ0v) is 22.6. The Morgan fingerprint density at radius 2 is 1.59 bits per heavy atom. The number of nitrogens with zero attached hydrogens (tertiary/aromatic N) is 3. The summed E-state index contributed by atoms with van der Waals surface area (Å²) < 4.78 is 27.9. The number of carbonyl (C=O) groups excluding carboxylic acids is 2. The van der Waals surface area contributed by atoms with Crippen LogP contribution in [0.5, 0.6) is 0 Å². The first kappa shape index (κ1) is 27.1. The maximum absolute atomic E-state index is 13.2. The number of piperazine rings is 1. The van der Waals surface area contributed by atoms with E-state index in [2.05, 4.69) is 0 Å². The van der Waals surface area contributed by atoms with Crippen molar-refractivity contribution in [2.75, 3.05) is 26.2 Å². The largest absolute Gasteiger partial charge is 0.336 e. The summed E-state index contributed by atoms with van der Waals surface area (Å²) in [4.78, 5) is 31.8. The molecule has 2 amide bonds. The average molecular weight is 544 g/mol. The summed E-state index contributed by atoms with van der Waals surface area (Å²) in [6.45, 7) is 6.83. The average Bonchev–Trinajstić information content (AvgIpc) is 2.87. The highest BCUT2D eigenvalue weighted by Crippen LogP contribution is 2.25. The van der Waals surface area contributed by atoms with E-state index in [1.54, 1.807) is 65.6 Å². The van der Waals surface area contributed by atoms with E-state index in [9.17, 15) is 18.0 Å². The van der Waals surface area contributed by atoms with Gasteiger partial charge in [-0.2, -0.15) is 4.31 Å². The van der Waals surface area contributed by atoms with Crippen LogP contribution in [0.2, 0.25) is 5.02 Å². The molecule has 1 saturated heterocycles. The summed E-state index contributed by atoms with van der Waals surface area (Å²) in [5, 5.41) is 3.48. The van der Waals surface area contributed by atoms with Gasteiger partial charge in [-0.05, 0) is 73.5 Å². The SMILES string of the molecule is CC(C)(C)ON(C=O)Cc1ccc(C(=O)N2CCN(S(=O)(=O)c3ccc4cc(Cl)ccc4c3)CC2)cc1. The summed E-state index contributed by atoms with van der Waals surface area (Å²) in [6.07, 6.45) is 0.630. The molecule has 8 nitrogen and oxygen atoms in total. The maximum Gasteiger partial charge on any atom is 0.253 e. The minimum absolute atomic E-state index is 0.163. The van der Waals surface area contributed by atoms with Crippen LogP contribution in [0, 0.1) is 0 Å². The van der Waals surface area contributed by atoms with Gasteiger partial charge in [-0.1, -0.05) is 35.9 Å². The Balaban J connectivity index is 1.38. The van der Waals surface area contributed by atoms with E-state index >= 15 is 0 Å². The van der Waals surface area contributed by atoms with E-state index in [1.165, 1.54) is 9.37 Å². The van der Waals surface area contributed by atoms with Gasteiger partial charge in [0.15, 0.2) is 0 Å². The van der Waals surface area contributed by atoms with Gasteiger partial charge in [-0.3, -0.25) is 14.4 Å². The van der Waals surface area contributed by atoms with Crippen LogP contribution in [0.4, 0.5) is 0 Å². The highest BCUT2D eigenvalue weighted by Gasteiger charge is 2.30. The second kappa shape index (κ2) is 10.8. The molecular weight excluding hydrogens is 514 g/mol. The first-order valence-electron chi connectivity index (χ1n) is 11.9. The van der Waals surface area contributed by atoms with Crippen molar-refractivity contribution in [3.8, 4) is 0 Å². The van der Waals surface area contributed by atoms with E-state index in [0.717, 1.165) is 16.3 Å². The van der Waals surface area contributed by atoms with Crippen LogP contribution in [-0.2, 0) is 26.2 Å². The number of carbonyl (C=O) groups is 2. The molecule has 4 rings (SSSR count). The van der Waals surface area contributed by atoms with Crippen LogP contribution in [0.1, 0.15) is 36.7 Å². The van der Waals surface area contributed by atoms with Gasteiger partial charge in [0.2, 0.25) is 16.4 Å². The van der Waals surface area contributed by atoms with Gasteiger partial charge in [0.05, 0.1) is 17.0 Å². The molecule has 0 bridgehead atoms. The lowest BCUT2D eigenvalue weighted by molar-refractivity contribution is -0.220. The topological polar surface area (TPSA) is 87.2 Å². The molecule has 0 unspecified atom stereocenters. The van der Waals surface area contributed by atoms with Crippen LogP contribution in [0.25, 0.3) is 10.8 Å². The Hall–Kier alpha value is -2.98. The van der Waals surface area contributed by atoms with Gasteiger partial charge in [0.25, 0.3) is 5.91 Å². The van der Waals surface area contributed by atoms with Crippen molar-refractivity contribution in [3.63, 3.8) is 0 Å². The predicted molar refractivity (Wildman–Crippen MR) is 143 cm³/mol.